The zero-order valence-electron chi connectivity index (χ0n) is 10.1. The van der Waals surface area contributed by atoms with E-state index < -0.39 is 0 Å². The zero-order valence-corrected chi connectivity index (χ0v) is 11.6. The van der Waals surface area contributed by atoms with E-state index in [0.717, 1.165) is 16.1 Å². The molecule has 0 aliphatic carbocycles. The minimum atomic E-state index is -0.376. The van der Waals surface area contributed by atoms with E-state index in [1.54, 1.807) is 13.0 Å². The van der Waals surface area contributed by atoms with Crippen LogP contribution in [0.15, 0.2) is 24.3 Å². The van der Waals surface area contributed by atoms with Crippen molar-refractivity contribution >= 4 is 28.9 Å². The van der Waals surface area contributed by atoms with Crippen LogP contribution in [0.2, 0.25) is 5.02 Å². The molecule has 0 atom stereocenters. The average Bonchev–Trinajstić information content (AvgIpc) is 2.72. The molecule has 0 aliphatic heterocycles. The van der Waals surface area contributed by atoms with Gasteiger partial charge in [0.2, 0.25) is 5.01 Å². The molecule has 0 N–H and O–H groups in total. The van der Waals surface area contributed by atoms with E-state index in [2.05, 4.69) is 4.98 Å². The minimum Gasteiger partial charge on any atom is -0.461 e. The largest absolute Gasteiger partial charge is 0.461 e. The lowest BCUT2D eigenvalue weighted by molar-refractivity contribution is 0.0526. The first-order valence-electron chi connectivity index (χ1n) is 5.52. The summed E-state index contributed by atoms with van der Waals surface area (Å²) in [5.41, 5.74) is 1.69. The number of thiazole rings is 1. The molecule has 0 spiro atoms. The van der Waals surface area contributed by atoms with Crippen LogP contribution in [-0.4, -0.2) is 17.6 Å². The molecular formula is C13H12ClNO2S. The average molecular weight is 282 g/mol. The van der Waals surface area contributed by atoms with Crippen molar-refractivity contribution in [1.82, 2.24) is 4.98 Å². The van der Waals surface area contributed by atoms with Crippen LogP contribution in [-0.2, 0) is 4.74 Å². The summed E-state index contributed by atoms with van der Waals surface area (Å²) < 4.78 is 4.94. The molecule has 0 saturated heterocycles. The van der Waals surface area contributed by atoms with Gasteiger partial charge >= 0.3 is 5.97 Å². The summed E-state index contributed by atoms with van der Waals surface area (Å²) in [5, 5.41) is 1.03. The third-order valence-corrected chi connectivity index (χ3v) is 3.53. The molecule has 1 aromatic carbocycles. The highest BCUT2D eigenvalue weighted by Gasteiger charge is 2.16. The van der Waals surface area contributed by atoms with E-state index in [1.807, 2.05) is 25.1 Å². The van der Waals surface area contributed by atoms with Gasteiger partial charge in [-0.25, -0.2) is 9.78 Å². The fourth-order valence-corrected chi connectivity index (χ4v) is 2.60. The van der Waals surface area contributed by atoms with Crippen molar-refractivity contribution in [3.05, 3.63) is 39.2 Å². The summed E-state index contributed by atoms with van der Waals surface area (Å²) >= 11 is 7.28. The van der Waals surface area contributed by atoms with E-state index in [4.69, 9.17) is 16.3 Å². The number of ether oxygens (including phenoxy) is 1. The number of rotatable bonds is 3. The van der Waals surface area contributed by atoms with Crippen molar-refractivity contribution in [2.45, 2.75) is 13.8 Å². The number of nitrogens with zero attached hydrogens (tertiary/aromatic N) is 1. The molecule has 2 rings (SSSR count). The first kappa shape index (κ1) is 13.1. The van der Waals surface area contributed by atoms with Gasteiger partial charge in [-0.15, -0.1) is 11.3 Å². The summed E-state index contributed by atoms with van der Waals surface area (Å²) in [6, 6.07) is 7.42. The van der Waals surface area contributed by atoms with Crippen LogP contribution in [0, 0.1) is 6.92 Å². The van der Waals surface area contributed by atoms with Gasteiger partial charge in [0.25, 0.3) is 0 Å². The fourth-order valence-electron chi connectivity index (χ4n) is 1.58. The third kappa shape index (κ3) is 2.71. The molecule has 0 aliphatic rings. The third-order valence-electron chi connectivity index (χ3n) is 2.34. The van der Waals surface area contributed by atoms with Crippen LogP contribution in [0.1, 0.15) is 21.6 Å². The van der Waals surface area contributed by atoms with Crippen LogP contribution >= 0.6 is 22.9 Å². The summed E-state index contributed by atoms with van der Waals surface area (Å²) in [6.07, 6.45) is 0. The summed E-state index contributed by atoms with van der Waals surface area (Å²) in [6.45, 7) is 4.05. The van der Waals surface area contributed by atoms with Crippen LogP contribution in [0.4, 0.5) is 0 Å². The van der Waals surface area contributed by atoms with Gasteiger partial charge in [0.05, 0.1) is 12.3 Å². The van der Waals surface area contributed by atoms with Crippen molar-refractivity contribution in [1.29, 1.82) is 0 Å². The van der Waals surface area contributed by atoms with Crippen molar-refractivity contribution < 1.29 is 9.53 Å². The van der Waals surface area contributed by atoms with Crippen LogP contribution in [0.25, 0.3) is 11.3 Å². The first-order valence-corrected chi connectivity index (χ1v) is 6.71. The Labute approximate surface area is 114 Å². The first-order chi connectivity index (χ1) is 8.61. The molecule has 0 fully saturated rings. The molecular weight excluding hydrogens is 270 g/mol. The number of hydrogen-bond donors (Lipinski definition) is 0. The molecule has 1 aromatic heterocycles. The lowest BCUT2D eigenvalue weighted by Gasteiger charge is -1.99. The molecule has 94 valence electrons. The van der Waals surface area contributed by atoms with E-state index in [-0.39, 0.29) is 5.97 Å². The molecule has 2 aromatic rings. The van der Waals surface area contributed by atoms with Crippen molar-refractivity contribution in [2.75, 3.05) is 6.61 Å². The van der Waals surface area contributed by atoms with Gasteiger partial charge in [0.15, 0.2) is 0 Å². The van der Waals surface area contributed by atoms with Crippen LogP contribution < -0.4 is 0 Å². The van der Waals surface area contributed by atoms with Gasteiger partial charge in [0, 0.05) is 15.5 Å². The predicted octanol–water partition coefficient (Wildman–Crippen LogP) is 3.95. The monoisotopic (exact) mass is 281 g/mol. The predicted molar refractivity (Wildman–Crippen MR) is 73.3 cm³/mol. The Morgan fingerprint density at radius 1 is 1.50 bits per heavy atom. The molecule has 3 nitrogen and oxygen atoms in total. The van der Waals surface area contributed by atoms with Gasteiger partial charge in [-0.1, -0.05) is 23.7 Å². The molecule has 0 amide bonds. The number of carbonyl (C=O) groups excluding carboxylic acids is 1. The Morgan fingerprint density at radius 3 is 2.94 bits per heavy atom. The SMILES string of the molecule is CCOC(=O)c1nc(-c2cccc(Cl)c2)c(C)s1. The van der Waals surface area contributed by atoms with E-state index in [0.29, 0.717) is 16.6 Å². The minimum absolute atomic E-state index is 0.351. The van der Waals surface area contributed by atoms with Gasteiger partial charge < -0.3 is 4.74 Å². The fraction of sp³-hybridized carbons (Fsp3) is 0.231. The van der Waals surface area contributed by atoms with Gasteiger partial charge in [-0.3, -0.25) is 0 Å². The Bertz CT molecular complexity index is 580. The zero-order chi connectivity index (χ0) is 13.1. The topological polar surface area (TPSA) is 39.2 Å². The normalized spacial score (nSPS) is 10.4. The Morgan fingerprint density at radius 2 is 2.28 bits per heavy atom. The highest BCUT2D eigenvalue weighted by atomic mass is 35.5. The van der Waals surface area contributed by atoms with Gasteiger partial charge in [0.1, 0.15) is 0 Å². The van der Waals surface area contributed by atoms with Crippen molar-refractivity contribution in [3.8, 4) is 11.3 Å². The van der Waals surface area contributed by atoms with E-state index in [1.165, 1.54) is 11.3 Å². The van der Waals surface area contributed by atoms with Gasteiger partial charge in [-0.2, -0.15) is 0 Å². The Kier molecular flexibility index (Phi) is 3.99. The maximum absolute atomic E-state index is 11.6. The molecule has 1 heterocycles. The Hall–Kier alpha value is -1.39. The number of aromatic nitrogens is 1. The highest BCUT2D eigenvalue weighted by molar-refractivity contribution is 7.13. The highest BCUT2D eigenvalue weighted by Crippen LogP contribution is 2.29. The smallest absolute Gasteiger partial charge is 0.367 e. The quantitative estimate of drug-likeness (QED) is 0.800. The van der Waals surface area contributed by atoms with E-state index in [9.17, 15) is 4.79 Å². The summed E-state index contributed by atoms with van der Waals surface area (Å²) in [7, 11) is 0. The number of benzene rings is 1. The number of hydrogen-bond acceptors (Lipinski definition) is 4. The molecule has 18 heavy (non-hydrogen) atoms. The Balaban J connectivity index is 2.38. The second kappa shape index (κ2) is 5.50. The molecule has 0 radical (unpaired) electrons. The molecule has 0 saturated carbocycles. The lowest BCUT2D eigenvalue weighted by atomic mass is 10.1. The second-order valence-electron chi connectivity index (χ2n) is 3.65. The number of aryl methyl sites for hydroxylation is 1. The summed E-state index contributed by atoms with van der Waals surface area (Å²) in [4.78, 5) is 16.9. The van der Waals surface area contributed by atoms with Crippen molar-refractivity contribution in [3.63, 3.8) is 0 Å². The number of halogens is 1. The summed E-state index contributed by atoms with van der Waals surface area (Å²) in [5.74, 6) is -0.376. The maximum atomic E-state index is 11.6. The molecule has 5 heteroatoms. The van der Waals surface area contributed by atoms with Crippen LogP contribution in [0.3, 0.4) is 0 Å². The van der Waals surface area contributed by atoms with Gasteiger partial charge in [-0.05, 0) is 26.0 Å². The molecule has 0 unspecified atom stereocenters. The van der Waals surface area contributed by atoms with E-state index >= 15 is 0 Å². The maximum Gasteiger partial charge on any atom is 0.367 e. The number of carbonyl (C=O) groups is 1. The second-order valence-corrected chi connectivity index (χ2v) is 5.29. The lowest BCUT2D eigenvalue weighted by Crippen LogP contribution is -2.03. The standard InChI is InChI=1S/C13H12ClNO2S/c1-3-17-13(16)12-15-11(8(2)18-12)9-5-4-6-10(14)7-9/h4-7H,3H2,1-2H3. The molecule has 0 bridgehead atoms. The van der Waals surface area contributed by atoms with Crippen molar-refractivity contribution in [2.24, 2.45) is 0 Å². The number of esters is 1. The van der Waals surface area contributed by atoms with Crippen LogP contribution in [0.5, 0.6) is 0 Å².